The van der Waals surface area contributed by atoms with Crippen molar-refractivity contribution in [2.45, 2.75) is 75.9 Å². The van der Waals surface area contributed by atoms with Gasteiger partial charge >= 0.3 is 0 Å². The highest BCUT2D eigenvalue weighted by Gasteiger charge is 2.49. The van der Waals surface area contributed by atoms with Gasteiger partial charge in [0.25, 0.3) is 0 Å². The Hall–Kier alpha value is 0.545. The largest absolute Gasteiger partial charge is 0.0891 e. The summed E-state index contributed by atoms with van der Waals surface area (Å²) in [7, 11) is 6.80. The van der Waals surface area contributed by atoms with Gasteiger partial charge in [-0.1, -0.05) is 61.3 Å². The first-order valence-corrected chi connectivity index (χ1v) is 8.21. The Bertz CT molecular complexity index is 278. The lowest BCUT2D eigenvalue weighted by atomic mass is 9.43. The van der Waals surface area contributed by atoms with Gasteiger partial charge < -0.3 is 0 Å². The quantitative estimate of drug-likeness (QED) is 0.466. The van der Waals surface area contributed by atoms with Crippen LogP contribution >= 0.6 is 15.9 Å². The van der Waals surface area contributed by atoms with Crippen molar-refractivity contribution in [1.82, 2.24) is 0 Å². The van der Waals surface area contributed by atoms with E-state index in [0.717, 1.165) is 11.8 Å². The topological polar surface area (TPSA) is 0 Å². The lowest BCUT2D eigenvalue weighted by molar-refractivity contribution is 0.0642. The second kappa shape index (κ2) is 4.91. The van der Waals surface area contributed by atoms with Crippen molar-refractivity contribution in [1.29, 1.82) is 0 Å². The molecule has 0 amide bonds. The smallest absolute Gasteiger partial charge is 0.0753 e. The highest BCUT2D eigenvalue weighted by molar-refractivity contribution is 9.09. The summed E-state index contributed by atoms with van der Waals surface area (Å²) in [6.07, 6.45) is 9.02. The third-order valence-corrected chi connectivity index (χ3v) is 6.65. The van der Waals surface area contributed by atoms with Crippen LogP contribution in [0, 0.1) is 17.3 Å². The van der Waals surface area contributed by atoms with E-state index in [9.17, 15) is 0 Å². The Morgan fingerprint density at radius 1 is 1.12 bits per heavy atom. The van der Waals surface area contributed by atoms with Crippen molar-refractivity contribution < 1.29 is 0 Å². The maximum absolute atomic E-state index is 6.80. The maximum atomic E-state index is 6.80. The molecule has 4 atom stereocenters. The lowest BCUT2D eigenvalue weighted by Gasteiger charge is -2.53. The molecule has 2 heteroatoms. The van der Waals surface area contributed by atoms with Crippen molar-refractivity contribution in [2.75, 3.05) is 0 Å². The van der Waals surface area contributed by atoms with E-state index in [1.54, 1.807) is 0 Å². The van der Waals surface area contributed by atoms with Crippen LogP contribution in [0.4, 0.5) is 0 Å². The highest BCUT2D eigenvalue weighted by Crippen LogP contribution is 2.63. The molecule has 0 aromatic rings. The van der Waals surface area contributed by atoms with Crippen molar-refractivity contribution in [3.8, 4) is 0 Å². The predicted molar refractivity (Wildman–Crippen MR) is 79.9 cm³/mol. The van der Waals surface area contributed by atoms with E-state index in [-0.39, 0.29) is 5.31 Å². The van der Waals surface area contributed by atoms with Gasteiger partial charge in [-0.3, -0.25) is 0 Å². The second-order valence-corrected chi connectivity index (χ2v) is 8.43. The summed E-state index contributed by atoms with van der Waals surface area (Å²) in [6.45, 7) is 7.22. The fraction of sp³-hybridized carbons (Fsp3) is 1.00. The molecule has 2 unspecified atom stereocenters. The van der Waals surface area contributed by atoms with Gasteiger partial charge in [0.15, 0.2) is 0 Å². The first-order valence-electron chi connectivity index (χ1n) is 7.29. The molecule has 0 nitrogen and oxygen atoms in total. The summed E-state index contributed by atoms with van der Waals surface area (Å²) in [5, 5.41) is 0.112. The molecule has 2 fully saturated rings. The van der Waals surface area contributed by atoms with Crippen LogP contribution in [-0.4, -0.2) is 12.7 Å². The van der Waals surface area contributed by atoms with E-state index in [2.05, 4.69) is 36.7 Å². The van der Waals surface area contributed by atoms with E-state index in [4.69, 9.17) is 7.85 Å². The zero-order valence-corrected chi connectivity index (χ0v) is 13.2. The Labute approximate surface area is 117 Å². The number of hydrogen-bond acceptors (Lipinski definition) is 0. The molecule has 2 rings (SSSR count). The van der Waals surface area contributed by atoms with Crippen LogP contribution < -0.4 is 0 Å². The molecular weight excluding hydrogens is 271 g/mol. The first-order chi connectivity index (χ1) is 7.86. The van der Waals surface area contributed by atoms with Gasteiger partial charge in [0.05, 0.1) is 7.85 Å². The molecule has 0 bridgehead atoms. The number of rotatable bonds is 1. The number of alkyl halides is 1. The minimum atomic E-state index is 0.112. The molecule has 2 radical (unpaired) electrons. The Balaban J connectivity index is 2.18. The van der Waals surface area contributed by atoms with Crippen LogP contribution in [0.2, 0.25) is 5.31 Å². The van der Waals surface area contributed by atoms with Crippen molar-refractivity contribution in [3.63, 3.8) is 0 Å². The van der Waals surface area contributed by atoms with E-state index >= 15 is 0 Å². The Kier molecular flexibility index (Phi) is 4.03. The average Bonchev–Trinajstić information content (AvgIpc) is 2.38. The van der Waals surface area contributed by atoms with Crippen LogP contribution in [0.5, 0.6) is 0 Å². The summed E-state index contributed by atoms with van der Waals surface area (Å²) >= 11 is 3.81. The normalized spacial score (nSPS) is 47.6. The third kappa shape index (κ3) is 2.62. The van der Waals surface area contributed by atoms with E-state index in [1.807, 2.05) is 0 Å². The first kappa shape index (κ1) is 14.0. The van der Waals surface area contributed by atoms with Gasteiger partial charge in [-0.25, -0.2) is 0 Å². The summed E-state index contributed by atoms with van der Waals surface area (Å²) in [6, 6.07) is 0. The fourth-order valence-corrected chi connectivity index (χ4v) is 4.47. The molecule has 17 heavy (non-hydrogen) atoms. The molecule has 0 N–H and O–H groups in total. The standard InChI is InChI=1S/C15H26BBr/c1-11(2)12-4-8-15(16)9-6-13(17)5-7-14(15,3)10-12/h11-13H,4-10H2,1-3H3/t12?,13?,14-,15+/m1/s1. The third-order valence-electron chi connectivity index (χ3n) is 5.73. The second-order valence-electron chi connectivity index (χ2n) is 7.14. The summed E-state index contributed by atoms with van der Waals surface area (Å²) in [4.78, 5) is 0.697. The molecule has 2 saturated carbocycles. The van der Waals surface area contributed by atoms with Gasteiger partial charge in [-0.15, -0.1) is 0 Å². The van der Waals surface area contributed by atoms with Gasteiger partial charge in [0, 0.05) is 4.83 Å². The summed E-state index contributed by atoms with van der Waals surface area (Å²) < 4.78 is 0. The molecule has 2 aliphatic rings. The van der Waals surface area contributed by atoms with Gasteiger partial charge in [-0.05, 0) is 42.9 Å². The minimum Gasteiger partial charge on any atom is -0.0891 e. The van der Waals surface area contributed by atoms with Crippen molar-refractivity contribution >= 4 is 23.8 Å². The van der Waals surface area contributed by atoms with Crippen molar-refractivity contribution in [2.24, 2.45) is 17.3 Å². The lowest BCUT2D eigenvalue weighted by Crippen LogP contribution is -2.40. The molecule has 96 valence electrons. The number of fused-ring (bicyclic) bond motifs is 1. The number of hydrogen-bond donors (Lipinski definition) is 0. The van der Waals surface area contributed by atoms with Crippen LogP contribution in [0.3, 0.4) is 0 Å². The fourth-order valence-electron chi connectivity index (χ4n) is 4.01. The highest BCUT2D eigenvalue weighted by atomic mass is 79.9. The zero-order chi connectivity index (χ0) is 12.7. The van der Waals surface area contributed by atoms with Gasteiger partial charge in [0.2, 0.25) is 0 Å². The Morgan fingerprint density at radius 3 is 2.35 bits per heavy atom. The van der Waals surface area contributed by atoms with Crippen LogP contribution in [0.25, 0.3) is 0 Å². The molecule has 0 aromatic carbocycles. The average molecular weight is 297 g/mol. The van der Waals surface area contributed by atoms with E-state index in [1.165, 1.54) is 44.9 Å². The Morgan fingerprint density at radius 2 is 1.71 bits per heavy atom. The predicted octanol–water partition coefficient (Wildman–Crippen LogP) is 5.11. The molecule has 0 saturated heterocycles. The van der Waals surface area contributed by atoms with E-state index < -0.39 is 0 Å². The number of halogens is 1. The molecular formula is C15H26BBr. The SMILES string of the molecule is [B][C@@]12CCC(Br)CC[C@]1(C)CC(C(C)C)CC2. The van der Waals surface area contributed by atoms with Crippen molar-refractivity contribution in [3.05, 3.63) is 0 Å². The molecule has 0 aromatic heterocycles. The molecule has 0 heterocycles. The van der Waals surface area contributed by atoms with Crippen LogP contribution in [-0.2, 0) is 0 Å². The zero-order valence-electron chi connectivity index (χ0n) is 11.6. The van der Waals surface area contributed by atoms with Gasteiger partial charge in [-0.2, -0.15) is 0 Å². The summed E-state index contributed by atoms with van der Waals surface area (Å²) in [5.41, 5.74) is 0.378. The molecule has 0 spiro atoms. The van der Waals surface area contributed by atoms with Crippen LogP contribution in [0.15, 0.2) is 0 Å². The van der Waals surface area contributed by atoms with Gasteiger partial charge in [0.1, 0.15) is 0 Å². The monoisotopic (exact) mass is 296 g/mol. The van der Waals surface area contributed by atoms with Crippen LogP contribution in [0.1, 0.15) is 65.7 Å². The minimum absolute atomic E-state index is 0.112. The molecule has 2 aliphatic carbocycles. The van der Waals surface area contributed by atoms with E-state index in [0.29, 0.717) is 10.2 Å². The molecule has 0 aliphatic heterocycles. The summed E-state index contributed by atoms with van der Waals surface area (Å²) in [5.74, 6) is 1.71. The maximum Gasteiger partial charge on any atom is 0.0753 e.